The Labute approximate surface area is 135 Å². The number of benzene rings is 1. The normalized spacial score (nSPS) is 24.0. The Bertz CT molecular complexity index is 740. The largest absolute Gasteiger partial charge is 0.311 e. The van der Waals surface area contributed by atoms with Crippen molar-refractivity contribution in [3.05, 3.63) is 69.1 Å². The number of piperidine rings is 1. The van der Waals surface area contributed by atoms with Gasteiger partial charge in [-0.15, -0.1) is 0 Å². The molecular weight excluding hydrogens is 296 g/mol. The van der Waals surface area contributed by atoms with Crippen LogP contribution in [0, 0.1) is 5.92 Å². The minimum absolute atomic E-state index is 0.0228. The van der Waals surface area contributed by atoms with Crippen LogP contribution in [0.4, 0.5) is 0 Å². The molecule has 3 nitrogen and oxygen atoms in total. The average Bonchev–Trinajstić information content (AvgIpc) is 2.52. The van der Waals surface area contributed by atoms with E-state index in [-0.39, 0.29) is 5.56 Å². The number of fused-ring (bicyclic) bond motifs is 4. The summed E-state index contributed by atoms with van der Waals surface area (Å²) in [6.45, 7) is 3.87. The first-order chi connectivity index (χ1) is 10.7. The van der Waals surface area contributed by atoms with E-state index in [2.05, 4.69) is 35.2 Å². The first-order valence-electron chi connectivity index (χ1n) is 7.86. The van der Waals surface area contributed by atoms with Gasteiger partial charge < -0.3 is 4.57 Å². The van der Waals surface area contributed by atoms with Gasteiger partial charge in [-0.2, -0.15) is 0 Å². The van der Waals surface area contributed by atoms with Gasteiger partial charge >= 0.3 is 0 Å². The van der Waals surface area contributed by atoms with E-state index in [9.17, 15) is 4.79 Å². The average molecular weight is 315 g/mol. The van der Waals surface area contributed by atoms with E-state index in [1.165, 1.54) is 12.0 Å². The predicted molar refractivity (Wildman–Crippen MR) is 88.3 cm³/mol. The molecule has 4 heteroatoms. The topological polar surface area (TPSA) is 25.2 Å². The number of rotatable bonds is 2. The van der Waals surface area contributed by atoms with Gasteiger partial charge in [0, 0.05) is 37.8 Å². The molecule has 1 fully saturated rings. The van der Waals surface area contributed by atoms with Crippen LogP contribution >= 0.6 is 11.6 Å². The number of hydrogen-bond donors (Lipinski definition) is 0. The quantitative estimate of drug-likeness (QED) is 0.851. The summed E-state index contributed by atoms with van der Waals surface area (Å²) >= 11 is 5.99. The fourth-order valence-corrected chi connectivity index (χ4v) is 4.15. The molecule has 22 heavy (non-hydrogen) atoms. The maximum atomic E-state index is 12.2. The molecule has 0 amide bonds. The SMILES string of the molecule is O=c1c(Cl)ccc2n1CC1CC2CN(Cc2ccccc2)C1. The van der Waals surface area contributed by atoms with Crippen LogP contribution in [0.1, 0.15) is 23.6 Å². The lowest BCUT2D eigenvalue weighted by Gasteiger charge is -2.42. The van der Waals surface area contributed by atoms with Crippen molar-refractivity contribution in [1.29, 1.82) is 0 Å². The Morgan fingerprint density at radius 2 is 1.86 bits per heavy atom. The summed E-state index contributed by atoms with van der Waals surface area (Å²) in [7, 11) is 0. The zero-order valence-corrected chi connectivity index (χ0v) is 13.2. The monoisotopic (exact) mass is 314 g/mol. The predicted octanol–water partition coefficient (Wildman–Crippen LogP) is 3.12. The lowest BCUT2D eigenvalue weighted by atomic mass is 9.83. The minimum Gasteiger partial charge on any atom is -0.311 e. The Morgan fingerprint density at radius 3 is 2.68 bits per heavy atom. The van der Waals surface area contributed by atoms with Crippen LogP contribution in [0.25, 0.3) is 0 Å². The van der Waals surface area contributed by atoms with E-state index in [1.54, 1.807) is 6.07 Å². The van der Waals surface area contributed by atoms with Crippen LogP contribution in [-0.2, 0) is 13.1 Å². The number of pyridine rings is 1. The molecular formula is C18H19ClN2O. The molecule has 2 atom stereocenters. The molecule has 1 aromatic carbocycles. The zero-order chi connectivity index (χ0) is 15.1. The van der Waals surface area contributed by atoms with Gasteiger partial charge in [0.25, 0.3) is 5.56 Å². The van der Waals surface area contributed by atoms with E-state index in [1.807, 2.05) is 10.6 Å². The molecule has 4 rings (SSSR count). The second-order valence-electron chi connectivity index (χ2n) is 6.50. The van der Waals surface area contributed by atoms with Crippen molar-refractivity contribution in [1.82, 2.24) is 9.47 Å². The van der Waals surface area contributed by atoms with Crippen LogP contribution < -0.4 is 5.56 Å². The van der Waals surface area contributed by atoms with Gasteiger partial charge in [-0.1, -0.05) is 41.9 Å². The molecule has 2 aliphatic heterocycles. The molecule has 114 valence electrons. The van der Waals surface area contributed by atoms with Crippen molar-refractivity contribution >= 4 is 11.6 Å². The second-order valence-corrected chi connectivity index (χ2v) is 6.91. The standard InChI is InChI=1S/C18H19ClN2O/c19-16-6-7-17-15-8-14(11-21(17)18(16)22)10-20(12-15)9-13-4-2-1-3-5-13/h1-7,14-15H,8-12H2. The molecule has 2 unspecified atom stereocenters. The molecule has 0 N–H and O–H groups in total. The summed E-state index contributed by atoms with van der Waals surface area (Å²) in [6, 6.07) is 14.4. The lowest BCUT2D eigenvalue weighted by Crippen LogP contribution is -2.46. The van der Waals surface area contributed by atoms with Crippen molar-refractivity contribution in [3.63, 3.8) is 0 Å². The molecule has 0 aliphatic carbocycles. The number of nitrogens with zero attached hydrogens (tertiary/aromatic N) is 2. The number of likely N-dealkylation sites (tertiary alicyclic amines) is 1. The van der Waals surface area contributed by atoms with Gasteiger partial charge in [-0.05, 0) is 30.0 Å². The van der Waals surface area contributed by atoms with E-state index in [0.717, 1.165) is 31.9 Å². The molecule has 0 saturated carbocycles. The Balaban J connectivity index is 1.60. The van der Waals surface area contributed by atoms with E-state index >= 15 is 0 Å². The van der Waals surface area contributed by atoms with Gasteiger partial charge in [-0.25, -0.2) is 0 Å². The third-order valence-corrected chi connectivity index (χ3v) is 5.17. The molecule has 0 radical (unpaired) electrons. The van der Waals surface area contributed by atoms with E-state index in [0.29, 0.717) is 16.9 Å². The summed E-state index contributed by atoms with van der Waals surface area (Å²) < 4.78 is 1.90. The first kappa shape index (κ1) is 14.0. The van der Waals surface area contributed by atoms with Crippen molar-refractivity contribution < 1.29 is 0 Å². The van der Waals surface area contributed by atoms with Crippen LogP contribution in [0.3, 0.4) is 0 Å². The van der Waals surface area contributed by atoms with Gasteiger partial charge in [-0.3, -0.25) is 9.69 Å². The van der Waals surface area contributed by atoms with Crippen LogP contribution in [-0.4, -0.2) is 22.6 Å². The third-order valence-electron chi connectivity index (χ3n) is 4.88. The van der Waals surface area contributed by atoms with Gasteiger partial charge in [0.15, 0.2) is 0 Å². The smallest absolute Gasteiger partial charge is 0.269 e. The molecule has 3 heterocycles. The Morgan fingerprint density at radius 1 is 1.05 bits per heavy atom. The highest BCUT2D eigenvalue weighted by Crippen LogP contribution is 2.35. The number of halogens is 1. The summed E-state index contributed by atoms with van der Waals surface area (Å²) in [5.74, 6) is 0.993. The van der Waals surface area contributed by atoms with Gasteiger partial charge in [0.05, 0.1) is 0 Å². The number of aromatic nitrogens is 1. The minimum atomic E-state index is -0.0228. The van der Waals surface area contributed by atoms with Crippen LogP contribution in [0.5, 0.6) is 0 Å². The lowest BCUT2D eigenvalue weighted by molar-refractivity contribution is 0.114. The maximum Gasteiger partial charge on any atom is 0.269 e. The molecule has 2 aliphatic rings. The van der Waals surface area contributed by atoms with Gasteiger partial charge in [0.1, 0.15) is 5.02 Å². The van der Waals surface area contributed by atoms with Gasteiger partial charge in [0.2, 0.25) is 0 Å². The van der Waals surface area contributed by atoms with E-state index in [4.69, 9.17) is 11.6 Å². The highest BCUT2D eigenvalue weighted by atomic mass is 35.5. The van der Waals surface area contributed by atoms with Crippen molar-refractivity contribution in [2.24, 2.45) is 5.92 Å². The highest BCUT2D eigenvalue weighted by molar-refractivity contribution is 6.30. The molecule has 0 spiro atoms. The van der Waals surface area contributed by atoms with Crippen molar-refractivity contribution in [3.8, 4) is 0 Å². The van der Waals surface area contributed by atoms with Crippen LogP contribution in [0.2, 0.25) is 5.02 Å². The highest BCUT2D eigenvalue weighted by Gasteiger charge is 2.34. The fraction of sp³-hybridized carbons (Fsp3) is 0.389. The zero-order valence-electron chi connectivity index (χ0n) is 12.4. The molecule has 2 bridgehead atoms. The fourth-order valence-electron chi connectivity index (χ4n) is 3.99. The van der Waals surface area contributed by atoms with Crippen molar-refractivity contribution in [2.45, 2.75) is 25.4 Å². The van der Waals surface area contributed by atoms with E-state index < -0.39 is 0 Å². The maximum absolute atomic E-state index is 12.2. The summed E-state index contributed by atoms with van der Waals surface area (Å²) in [5, 5.41) is 0.338. The van der Waals surface area contributed by atoms with Crippen molar-refractivity contribution in [2.75, 3.05) is 13.1 Å². The first-order valence-corrected chi connectivity index (χ1v) is 8.24. The summed E-state index contributed by atoms with van der Waals surface area (Å²) in [4.78, 5) is 14.8. The molecule has 1 aromatic heterocycles. The Hall–Kier alpha value is -1.58. The number of hydrogen-bond acceptors (Lipinski definition) is 2. The molecule has 2 aromatic rings. The summed E-state index contributed by atoms with van der Waals surface area (Å²) in [5.41, 5.74) is 2.49. The second kappa shape index (κ2) is 5.56. The van der Waals surface area contributed by atoms with Crippen LogP contribution in [0.15, 0.2) is 47.3 Å². The third kappa shape index (κ3) is 2.49. The molecule has 1 saturated heterocycles. The Kier molecular flexibility index (Phi) is 3.55. The summed E-state index contributed by atoms with van der Waals surface area (Å²) in [6.07, 6.45) is 1.19.